The molecule has 1 aromatic rings. The minimum absolute atomic E-state index is 0.0253. The topological polar surface area (TPSA) is 61.4 Å². The van der Waals surface area contributed by atoms with Gasteiger partial charge in [-0.25, -0.2) is 4.79 Å². The summed E-state index contributed by atoms with van der Waals surface area (Å²) in [5.41, 5.74) is 3.32. The van der Waals surface area contributed by atoms with Crippen molar-refractivity contribution in [2.24, 2.45) is 11.3 Å². The van der Waals surface area contributed by atoms with Crippen molar-refractivity contribution in [1.82, 2.24) is 10.6 Å². The van der Waals surface area contributed by atoms with E-state index in [4.69, 9.17) is 0 Å². The predicted molar refractivity (Wildman–Crippen MR) is 84.7 cm³/mol. The molecule has 2 atom stereocenters. The van der Waals surface area contributed by atoms with Crippen LogP contribution in [0, 0.1) is 11.3 Å². The first-order valence-electron chi connectivity index (χ1n) is 8.38. The highest BCUT2D eigenvalue weighted by atomic mass is 16.3. The molecule has 2 amide bonds. The van der Waals surface area contributed by atoms with Gasteiger partial charge in [0.1, 0.15) is 0 Å². The van der Waals surface area contributed by atoms with Crippen LogP contribution in [-0.4, -0.2) is 30.8 Å². The zero-order valence-electron chi connectivity index (χ0n) is 12.9. The van der Waals surface area contributed by atoms with Gasteiger partial charge in [0.05, 0.1) is 6.61 Å². The molecule has 22 heavy (non-hydrogen) atoms. The zero-order chi connectivity index (χ0) is 15.2. The maximum Gasteiger partial charge on any atom is 0.314 e. The van der Waals surface area contributed by atoms with Gasteiger partial charge in [0.15, 0.2) is 0 Å². The van der Waals surface area contributed by atoms with E-state index in [1.165, 1.54) is 30.4 Å². The second kappa shape index (κ2) is 4.98. The Hall–Kier alpha value is -1.55. The molecule has 0 aliphatic heterocycles. The molecule has 0 unspecified atom stereocenters. The lowest BCUT2D eigenvalue weighted by molar-refractivity contribution is 0.203. The van der Waals surface area contributed by atoms with Gasteiger partial charge in [-0.1, -0.05) is 24.3 Å². The van der Waals surface area contributed by atoms with Gasteiger partial charge in [-0.05, 0) is 49.1 Å². The number of aryl methyl sites for hydroxylation is 1. The summed E-state index contributed by atoms with van der Waals surface area (Å²) in [5, 5.41) is 15.2. The molecule has 3 N–H and O–H groups in total. The van der Waals surface area contributed by atoms with Gasteiger partial charge in [0, 0.05) is 23.9 Å². The highest BCUT2D eigenvalue weighted by Crippen LogP contribution is 2.61. The van der Waals surface area contributed by atoms with E-state index in [1.807, 2.05) is 0 Å². The quantitative estimate of drug-likeness (QED) is 0.778. The van der Waals surface area contributed by atoms with Crippen molar-refractivity contribution in [1.29, 1.82) is 0 Å². The Labute approximate surface area is 131 Å². The van der Waals surface area contributed by atoms with E-state index in [0.29, 0.717) is 17.9 Å². The van der Waals surface area contributed by atoms with Crippen LogP contribution in [0.1, 0.15) is 36.8 Å². The number of carbonyl (C=O) groups is 1. The molecular formula is C18H24N2O2. The first kappa shape index (κ1) is 14.1. The maximum absolute atomic E-state index is 11.9. The van der Waals surface area contributed by atoms with Crippen LogP contribution in [0.15, 0.2) is 24.3 Å². The number of nitrogens with one attached hydrogen (secondary N) is 2. The fraction of sp³-hybridized carbons (Fsp3) is 0.611. The summed E-state index contributed by atoms with van der Waals surface area (Å²) in [7, 11) is 0. The number of benzene rings is 1. The van der Waals surface area contributed by atoms with Gasteiger partial charge >= 0.3 is 6.03 Å². The Morgan fingerprint density at radius 2 is 2.05 bits per heavy atom. The van der Waals surface area contributed by atoms with E-state index >= 15 is 0 Å². The molecule has 0 saturated heterocycles. The SMILES string of the molecule is O=C(NC[C@@H]1C[C@@]12CCc1ccccc12)NCC1(CO)CC1. The Kier molecular flexibility index (Phi) is 3.19. The van der Waals surface area contributed by atoms with Crippen molar-refractivity contribution < 1.29 is 9.90 Å². The number of carbonyl (C=O) groups excluding carboxylic acids is 1. The van der Waals surface area contributed by atoms with Gasteiger partial charge in [0.25, 0.3) is 0 Å². The summed E-state index contributed by atoms with van der Waals surface area (Å²) < 4.78 is 0. The van der Waals surface area contributed by atoms with Gasteiger partial charge in [-0.2, -0.15) is 0 Å². The minimum Gasteiger partial charge on any atom is -0.396 e. The van der Waals surface area contributed by atoms with Gasteiger partial charge in [-0.3, -0.25) is 0 Å². The van der Waals surface area contributed by atoms with Crippen LogP contribution in [0.3, 0.4) is 0 Å². The van der Waals surface area contributed by atoms with E-state index in [9.17, 15) is 9.90 Å². The van der Waals surface area contributed by atoms with Crippen molar-refractivity contribution in [2.45, 2.75) is 37.5 Å². The number of aliphatic hydroxyl groups excluding tert-OH is 1. The Morgan fingerprint density at radius 1 is 1.23 bits per heavy atom. The number of aliphatic hydroxyl groups is 1. The molecule has 118 valence electrons. The van der Waals surface area contributed by atoms with Crippen LogP contribution in [0.25, 0.3) is 0 Å². The molecule has 4 rings (SSSR count). The average Bonchev–Trinajstić information content (AvgIpc) is 3.43. The van der Waals surface area contributed by atoms with Crippen LogP contribution in [0.5, 0.6) is 0 Å². The third-order valence-electron chi connectivity index (χ3n) is 6.05. The lowest BCUT2D eigenvalue weighted by Gasteiger charge is -2.15. The Morgan fingerprint density at radius 3 is 2.82 bits per heavy atom. The number of amides is 2. The molecule has 0 bridgehead atoms. The van der Waals surface area contributed by atoms with E-state index in [1.54, 1.807) is 0 Å². The molecule has 3 aliphatic rings. The Balaban J connectivity index is 1.27. The molecule has 2 saturated carbocycles. The Bertz CT molecular complexity index is 597. The van der Waals surface area contributed by atoms with Crippen molar-refractivity contribution in [3.05, 3.63) is 35.4 Å². The summed E-state index contributed by atoms with van der Waals surface area (Å²) in [6.45, 7) is 1.52. The number of fused-ring (bicyclic) bond motifs is 2. The lowest BCUT2D eigenvalue weighted by atomic mass is 9.95. The molecule has 4 nitrogen and oxygen atoms in total. The highest BCUT2D eigenvalue weighted by molar-refractivity contribution is 5.74. The van der Waals surface area contributed by atoms with E-state index in [0.717, 1.165) is 19.4 Å². The molecule has 0 radical (unpaired) electrons. The summed E-state index contributed by atoms with van der Waals surface area (Å²) in [6.07, 6.45) is 5.65. The fourth-order valence-electron chi connectivity index (χ4n) is 4.11. The standard InChI is InChI=1S/C18H24N2O2/c21-12-17(7-8-17)11-20-16(22)19-10-14-9-18(14)6-5-13-3-1-2-4-15(13)18/h1-4,14,21H,5-12H2,(H2,19,20,22)/t14-,18-/m0/s1. The highest BCUT2D eigenvalue weighted by Gasteiger charge is 2.57. The van der Waals surface area contributed by atoms with Crippen molar-refractivity contribution in [2.75, 3.05) is 19.7 Å². The van der Waals surface area contributed by atoms with Crippen LogP contribution >= 0.6 is 0 Å². The summed E-state index contributed by atoms with van der Waals surface area (Å²) in [4.78, 5) is 11.9. The van der Waals surface area contributed by atoms with Crippen LogP contribution < -0.4 is 10.6 Å². The van der Waals surface area contributed by atoms with Crippen LogP contribution in [0.4, 0.5) is 4.79 Å². The molecule has 3 aliphatic carbocycles. The summed E-state index contributed by atoms with van der Waals surface area (Å²) in [5.74, 6) is 0.578. The lowest BCUT2D eigenvalue weighted by Crippen LogP contribution is -2.40. The van der Waals surface area contributed by atoms with Gasteiger partial charge < -0.3 is 15.7 Å². The van der Waals surface area contributed by atoms with Crippen molar-refractivity contribution in [3.63, 3.8) is 0 Å². The zero-order valence-corrected chi connectivity index (χ0v) is 12.9. The predicted octanol–water partition coefficient (Wildman–Crippen LogP) is 1.96. The summed E-state index contributed by atoms with van der Waals surface area (Å²) in [6, 6.07) is 8.67. The number of hydrogen-bond acceptors (Lipinski definition) is 2. The first-order valence-corrected chi connectivity index (χ1v) is 8.38. The second-order valence-corrected chi connectivity index (χ2v) is 7.44. The molecule has 0 aromatic heterocycles. The average molecular weight is 300 g/mol. The van der Waals surface area contributed by atoms with Crippen molar-refractivity contribution >= 4 is 6.03 Å². The van der Waals surface area contributed by atoms with Gasteiger partial charge in [-0.15, -0.1) is 0 Å². The molecular weight excluding hydrogens is 276 g/mol. The van der Waals surface area contributed by atoms with Crippen LogP contribution in [0.2, 0.25) is 0 Å². The van der Waals surface area contributed by atoms with Crippen molar-refractivity contribution in [3.8, 4) is 0 Å². The number of hydrogen-bond donors (Lipinski definition) is 3. The number of rotatable bonds is 5. The molecule has 0 heterocycles. The molecule has 2 fully saturated rings. The normalized spacial score (nSPS) is 30.0. The van der Waals surface area contributed by atoms with Crippen LogP contribution in [-0.2, 0) is 11.8 Å². The fourth-order valence-corrected chi connectivity index (χ4v) is 4.11. The molecule has 1 aromatic carbocycles. The minimum atomic E-state index is -0.0898. The second-order valence-electron chi connectivity index (χ2n) is 7.44. The van der Waals surface area contributed by atoms with Gasteiger partial charge in [0.2, 0.25) is 0 Å². The first-order chi connectivity index (χ1) is 10.7. The van der Waals surface area contributed by atoms with E-state index in [2.05, 4.69) is 34.9 Å². The monoisotopic (exact) mass is 300 g/mol. The molecule has 4 heteroatoms. The molecule has 1 spiro atoms. The number of urea groups is 1. The third-order valence-corrected chi connectivity index (χ3v) is 6.05. The summed E-state index contributed by atoms with van der Waals surface area (Å²) >= 11 is 0. The smallest absolute Gasteiger partial charge is 0.314 e. The third kappa shape index (κ3) is 2.30. The van der Waals surface area contributed by atoms with E-state index < -0.39 is 0 Å². The maximum atomic E-state index is 11.9. The largest absolute Gasteiger partial charge is 0.396 e. The van der Waals surface area contributed by atoms with E-state index in [-0.39, 0.29) is 18.1 Å².